The van der Waals surface area contributed by atoms with Gasteiger partial charge in [-0.05, 0) is 12.1 Å². The molecule has 0 unspecified atom stereocenters. The Bertz CT molecular complexity index is 1070. The van der Waals surface area contributed by atoms with Crippen molar-refractivity contribution in [3.05, 3.63) is 59.6 Å². The van der Waals surface area contributed by atoms with Crippen LogP contribution < -0.4 is 11.2 Å². The van der Waals surface area contributed by atoms with E-state index in [1.165, 1.54) is 11.3 Å². The van der Waals surface area contributed by atoms with Crippen LogP contribution in [0.5, 0.6) is 0 Å². The molecule has 0 fully saturated rings. The maximum atomic E-state index is 11.8. The minimum atomic E-state index is -0.663. The number of hydrazone groups is 1. The average Bonchev–Trinajstić information content (AvgIpc) is 3.29. The van der Waals surface area contributed by atoms with E-state index in [2.05, 4.69) is 24.9 Å². The van der Waals surface area contributed by atoms with Crippen LogP contribution in [0.15, 0.2) is 59.7 Å². The number of benzene rings is 2. The van der Waals surface area contributed by atoms with Crippen LogP contribution in [-0.2, 0) is 4.79 Å². The molecule has 4 aromatic rings. The molecule has 0 aliphatic heterocycles. The molecule has 1 amide bonds. The summed E-state index contributed by atoms with van der Waals surface area (Å²) in [5.41, 5.74) is 9.99. The van der Waals surface area contributed by atoms with Crippen molar-refractivity contribution in [2.75, 3.05) is 5.43 Å². The minimum Gasteiger partial charge on any atom is -0.364 e. The Morgan fingerprint density at radius 2 is 1.81 bits per heavy atom. The zero-order valence-corrected chi connectivity index (χ0v) is 14.9. The Hall–Kier alpha value is -3.17. The van der Waals surface area contributed by atoms with E-state index in [1.54, 1.807) is 0 Å². The minimum absolute atomic E-state index is 0.0580. The Balaban J connectivity index is 1.61. The van der Waals surface area contributed by atoms with Crippen molar-refractivity contribution in [3.8, 4) is 11.4 Å². The molecule has 9 heteroatoms. The van der Waals surface area contributed by atoms with E-state index in [9.17, 15) is 4.79 Å². The van der Waals surface area contributed by atoms with Crippen LogP contribution in [0.4, 0.5) is 5.13 Å². The molecular weight excluding hydrogens is 368 g/mol. The zero-order chi connectivity index (χ0) is 17.9. The molecule has 2 aromatic heterocycles. The van der Waals surface area contributed by atoms with E-state index in [0.717, 1.165) is 27.3 Å². The lowest BCUT2D eigenvalue weighted by Gasteiger charge is -1.98. The Labute approximate surface area is 156 Å². The third-order valence-electron chi connectivity index (χ3n) is 3.45. The first-order chi connectivity index (χ1) is 12.7. The van der Waals surface area contributed by atoms with E-state index in [1.807, 2.05) is 54.6 Å². The van der Waals surface area contributed by atoms with Gasteiger partial charge < -0.3 is 5.73 Å². The van der Waals surface area contributed by atoms with Crippen LogP contribution >= 0.6 is 22.9 Å². The van der Waals surface area contributed by atoms with Gasteiger partial charge in [0, 0.05) is 17.1 Å². The highest BCUT2D eigenvalue weighted by Crippen LogP contribution is 2.23. The normalized spacial score (nSPS) is 11.6. The molecule has 0 saturated carbocycles. The Morgan fingerprint density at radius 3 is 2.58 bits per heavy atom. The topological polar surface area (TPSA) is 106 Å². The number of nitrogens with zero attached hydrogens (tertiary/aromatic N) is 4. The molecule has 7 nitrogen and oxygen atoms in total. The second-order valence-electron chi connectivity index (χ2n) is 5.21. The smallest absolute Gasteiger partial charge is 0.272 e. The van der Waals surface area contributed by atoms with Gasteiger partial charge in [0.05, 0.1) is 10.2 Å². The van der Waals surface area contributed by atoms with Crippen molar-refractivity contribution < 1.29 is 4.79 Å². The molecule has 0 aliphatic rings. The lowest BCUT2D eigenvalue weighted by Crippen LogP contribution is -2.25. The number of anilines is 1. The van der Waals surface area contributed by atoms with Crippen molar-refractivity contribution in [1.29, 1.82) is 0 Å². The van der Waals surface area contributed by atoms with Gasteiger partial charge in [-0.2, -0.15) is 14.5 Å². The van der Waals surface area contributed by atoms with Crippen LogP contribution in [0, 0.1) is 0 Å². The summed E-state index contributed by atoms with van der Waals surface area (Å²) >= 11 is 2.51. The standard InChI is InChI=1S/C17H12N6OS2/c18-14(24)13(16-19-11-8-4-5-9-12(11)25-16)21-22-17-20-15(23-26-17)10-6-2-1-3-7-10/h1-9H,(H2,18,24)(H,20,22,23). The van der Waals surface area contributed by atoms with Gasteiger partial charge in [0.25, 0.3) is 5.91 Å². The number of fused-ring (bicyclic) bond motifs is 1. The molecule has 0 radical (unpaired) electrons. The number of nitrogens with two attached hydrogens (primary N) is 1. The summed E-state index contributed by atoms with van der Waals surface area (Å²) in [5.74, 6) is -0.0710. The quantitative estimate of drug-likeness (QED) is 0.409. The molecule has 2 aromatic carbocycles. The van der Waals surface area contributed by atoms with Gasteiger partial charge in [-0.1, -0.05) is 42.5 Å². The number of aromatic nitrogens is 3. The van der Waals surface area contributed by atoms with E-state index < -0.39 is 5.91 Å². The average molecular weight is 380 g/mol. The SMILES string of the molecule is NC(=O)C(=NNc1nc(-c2ccccc2)ns1)c1nc2ccccc2s1. The fourth-order valence-corrected chi connectivity index (χ4v) is 3.75. The molecule has 0 atom stereocenters. The van der Waals surface area contributed by atoms with Crippen LogP contribution in [0.25, 0.3) is 21.6 Å². The molecule has 0 spiro atoms. The third-order valence-corrected chi connectivity index (χ3v) is 5.11. The fraction of sp³-hybridized carbons (Fsp3) is 0. The molecule has 0 saturated heterocycles. The van der Waals surface area contributed by atoms with Crippen LogP contribution in [0.2, 0.25) is 0 Å². The maximum Gasteiger partial charge on any atom is 0.272 e. The van der Waals surface area contributed by atoms with Crippen molar-refractivity contribution in [3.63, 3.8) is 0 Å². The second kappa shape index (κ2) is 6.98. The van der Waals surface area contributed by atoms with Crippen molar-refractivity contribution in [2.45, 2.75) is 0 Å². The van der Waals surface area contributed by atoms with Gasteiger partial charge in [-0.25, -0.2) is 4.98 Å². The van der Waals surface area contributed by atoms with Gasteiger partial charge in [0.2, 0.25) is 5.13 Å². The molecule has 0 bridgehead atoms. The first-order valence-electron chi connectivity index (χ1n) is 7.59. The highest BCUT2D eigenvalue weighted by Gasteiger charge is 2.16. The van der Waals surface area contributed by atoms with Crippen LogP contribution in [-0.4, -0.2) is 26.0 Å². The number of carbonyl (C=O) groups is 1. The lowest BCUT2D eigenvalue weighted by molar-refractivity contribution is -0.111. The van der Waals surface area contributed by atoms with Crippen molar-refractivity contribution in [2.24, 2.45) is 10.8 Å². The number of amides is 1. The van der Waals surface area contributed by atoms with Gasteiger partial charge in [-0.15, -0.1) is 11.3 Å². The summed E-state index contributed by atoms with van der Waals surface area (Å²) in [4.78, 5) is 20.6. The summed E-state index contributed by atoms with van der Waals surface area (Å²) in [6.07, 6.45) is 0. The highest BCUT2D eigenvalue weighted by atomic mass is 32.1. The fourth-order valence-electron chi connectivity index (χ4n) is 2.26. The predicted octanol–water partition coefficient (Wildman–Crippen LogP) is 3.12. The summed E-state index contributed by atoms with van der Waals surface area (Å²) in [7, 11) is 0. The number of nitrogens with one attached hydrogen (secondary N) is 1. The Morgan fingerprint density at radius 1 is 1.04 bits per heavy atom. The van der Waals surface area contributed by atoms with Gasteiger partial charge in [0.15, 0.2) is 16.5 Å². The largest absolute Gasteiger partial charge is 0.364 e. The van der Waals surface area contributed by atoms with Crippen molar-refractivity contribution in [1.82, 2.24) is 14.3 Å². The van der Waals surface area contributed by atoms with E-state index in [-0.39, 0.29) is 5.71 Å². The van der Waals surface area contributed by atoms with Crippen molar-refractivity contribution >= 4 is 49.8 Å². The number of carbonyl (C=O) groups excluding carboxylic acids is 1. The van der Waals surface area contributed by atoms with Gasteiger partial charge in [0.1, 0.15) is 0 Å². The molecule has 26 heavy (non-hydrogen) atoms. The van der Waals surface area contributed by atoms with E-state index in [0.29, 0.717) is 16.0 Å². The summed E-state index contributed by atoms with van der Waals surface area (Å²) < 4.78 is 5.24. The predicted molar refractivity (Wildman–Crippen MR) is 104 cm³/mol. The second-order valence-corrected chi connectivity index (χ2v) is 6.99. The zero-order valence-electron chi connectivity index (χ0n) is 13.3. The van der Waals surface area contributed by atoms with E-state index in [4.69, 9.17) is 5.73 Å². The lowest BCUT2D eigenvalue weighted by atomic mass is 10.2. The first-order valence-corrected chi connectivity index (χ1v) is 9.18. The summed E-state index contributed by atoms with van der Waals surface area (Å²) in [6.45, 7) is 0. The first kappa shape index (κ1) is 16.3. The van der Waals surface area contributed by atoms with Crippen LogP contribution in [0.3, 0.4) is 0 Å². The third kappa shape index (κ3) is 3.30. The van der Waals surface area contributed by atoms with Gasteiger partial charge >= 0.3 is 0 Å². The summed E-state index contributed by atoms with van der Waals surface area (Å²) in [6, 6.07) is 17.2. The number of hydrogen-bond donors (Lipinski definition) is 2. The number of primary amides is 1. The number of para-hydroxylation sites is 1. The monoisotopic (exact) mass is 380 g/mol. The van der Waals surface area contributed by atoms with Crippen LogP contribution in [0.1, 0.15) is 5.01 Å². The molecule has 3 N–H and O–H groups in total. The number of thiazole rings is 1. The van der Waals surface area contributed by atoms with E-state index >= 15 is 0 Å². The molecule has 4 rings (SSSR count). The maximum absolute atomic E-state index is 11.8. The Kier molecular flexibility index (Phi) is 4.38. The number of hydrogen-bond acceptors (Lipinski definition) is 8. The molecular formula is C17H12N6OS2. The highest BCUT2D eigenvalue weighted by molar-refractivity contribution is 7.21. The molecule has 128 valence electrons. The number of rotatable bonds is 5. The summed E-state index contributed by atoms with van der Waals surface area (Å²) in [5, 5.41) is 5.03. The van der Waals surface area contributed by atoms with Gasteiger partial charge in [-0.3, -0.25) is 10.2 Å². The molecule has 0 aliphatic carbocycles. The molecule has 2 heterocycles.